The second-order valence-corrected chi connectivity index (χ2v) is 5.42. The van der Waals surface area contributed by atoms with E-state index in [4.69, 9.17) is 10.00 Å². The monoisotopic (exact) mass is 275 g/mol. The maximum absolute atomic E-state index is 11.4. The van der Waals surface area contributed by atoms with E-state index in [1.807, 2.05) is 39.0 Å². The SMILES string of the molecule is CC(C)(C)OC(=O)NCCNCc1cccc(C#N)c1. The van der Waals surface area contributed by atoms with Gasteiger partial charge in [0.1, 0.15) is 5.60 Å². The first-order chi connectivity index (χ1) is 9.40. The number of amides is 1. The third-order valence-electron chi connectivity index (χ3n) is 2.36. The van der Waals surface area contributed by atoms with E-state index in [1.54, 1.807) is 6.07 Å². The number of nitrogens with one attached hydrogen (secondary N) is 2. The van der Waals surface area contributed by atoms with Crippen LogP contribution in [0, 0.1) is 11.3 Å². The van der Waals surface area contributed by atoms with Crippen LogP contribution in [-0.4, -0.2) is 24.8 Å². The van der Waals surface area contributed by atoms with Crippen molar-refractivity contribution < 1.29 is 9.53 Å². The zero-order valence-corrected chi connectivity index (χ0v) is 12.2. The van der Waals surface area contributed by atoms with Gasteiger partial charge in [-0.25, -0.2) is 4.79 Å². The summed E-state index contributed by atoms with van der Waals surface area (Å²) in [5.74, 6) is 0. The predicted octanol–water partition coefficient (Wildman–Crippen LogP) is 2.17. The standard InChI is InChI=1S/C15H21N3O2/c1-15(2,3)20-14(19)18-8-7-17-11-13-6-4-5-12(9-13)10-16/h4-6,9,17H,7-8,11H2,1-3H3,(H,18,19). The van der Waals surface area contributed by atoms with Gasteiger partial charge in [-0.3, -0.25) is 0 Å². The second-order valence-electron chi connectivity index (χ2n) is 5.42. The highest BCUT2D eigenvalue weighted by molar-refractivity contribution is 5.67. The van der Waals surface area contributed by atoms with E-state index < -0.39 is 11.7 Å². The highest BCUT2D eigenvalue weighted by atomic mass is 16.6. The molecule has 0 fully saturated rings. The van der Waals surface area contributed by atoms with Crippen molar-refractivity contribution >= 4 is 6.09 Å². The Balaban J connectivity index is 2.19. The van der Waals surface area contributed by atoms with E-state index in [2.05, 4.69) is 16.7 Å². The van der Waals surface area contributed by atoms with Crippen molar-refractivity contribution in [1.82, 2.24) is 10.6 Å². The van der Waals surface area contributed by atoms with Crippen LogP contribution in [0.15, 0.2) is 24.3 Å². The van der Waals surface area contributed by atoms with Crippen LogP contribution in [0.1, 0.15) is 31.9 Å². The largest absolute Gasteiger partial charge is 0.444 e. The lowest BCUT2D eigenvalue weighted by Crippen LogP contribution is -2.36. The van der Waals surface area contributed by atoms with Crippen LogP contribution in [-0.2, 0) is 11.3 Å². The Kier molecular flexibility index (Phi) is 6.01. The summed E-state index contributed by atoms with van der Waals surface area (Å²) in [6, 6.07) is 9.53. The molecular weight excluding hydrogens is 254 g/mol. The summed E-state index contributed by atoms with van der Waals surface area (Å²) in [5, 5.41) is 14.7. The maximum Gasteiger partial charge on any atom is 0.407 e. The Morgan fingerprint density at radius 3 is 2.75 bits per heavy atom. The lowest BCUT2D eigenvalue weighted by atomic mass is 10.1. The first-order valence-electron chi connectivity index (χ1n) is 6.57. The van der Waals surface area contributed by atoms with E-state index in [0.717, 1.165) is 5.56 Å². The van der Waals surface area contributed by atoms with Gasteiger partial charge in [0.05, 0.1) is 11.6 Å². The van der Waals surface area contributed by atoms with E-state index in [9.17, 15) is 4.79 Å². The van der Waals surface area contributed by atoms with Crippen molar-refractivity contribution in [1.29, 1.82) is 5.26 Å². The Bertz CT molecular complexity index is 487. The number of nitriles is 1. The maximum atomic E-state index is 11.4. The van der Waals surface area contributed by atoms with E-state index in [-0.39, 0.29) is 0 Å². The van der Waals surface area contributed by atoms with Crippen LogP contribution in [0.25, 0.3) is 0 Å². The Morgan fingerprint density at radius 1 is 1.35 bits per heavy atom. The molecule has 0 aliphatic carbocycles. The first-order valence-corrected chi connectivity index (χ1v) is 6.57. The average molecular weight is 275 g/mol. The van der Waals surface area contributed by atoms with Crippen LogP contribution in [0.5, 0.6) is 0 Å². The third-order valence-corrected chi connectivity index (χ3v) is 2.36. The number of nitrogens with zero attached hydrogens (tertiary/aromatic N) is 1. The van der Waals surface area contributed by atoms with Crippen molar-refractivity contribution in [3.05, 3.63) is 35.4 Å². The molecule has 108 valence electrons. The first kappa shape index (κ1) is 16.0. The summed E-state index contributed by atoms with van der Waals surface area (Å²) in [5.41, 5.74) is 1.22. The molecule has 5 heteroatoms. The predicted molar refractivity (Wildman–Crippen MR) is 77.1 cm³/mol. The molecule has 0 saturated heterocycles. The molecule has 0 unspecified atom stereocenters. The van der Waals surface area contributed by atoms with E-state index in [0.29, 0.717) is 25.2 Å². The summed E-state index contributed by atoms with van der Waals surface area (Å²) in [6.07, 6.45) is -0.411. The zero-order valence-electron chi connectivity index (χ0n) is 12.2. The molecule has 0 aliphatic heterocycles. The van der Waals surface area contributed by atoms with Crippen LogP contribution >= 0.6 is 0 Å². The number of hydrogen-bond donors (Lipinski definition) is 2. The molecule has 0 aliphatic rings. The number of benzene rings is 1. The molecule has 1 amide bonds. The molecule has 1 aromatic rings. The van der Waals surface area contributed by atoms with Crippen molar-refractivity contribution in [3.8, 4) is 6.07 Å². The van der Waals surface area contributed by atoms with Gasteiger partial charge in [-0.15, -0.1) is 0 Å². The summed E-state index contributed by atoms with van der Waals surface area (Å²) in [6.45, 7) is 7.27. The zero-order chi connectivity index (χ0) is 15.0. The topological polar surface area (TPSA) is 74.2 Å². The van der Waals surface area contributed by atoms with Crippen LogP contribution in [0.2, 0.25) is 0 Å². The van der Waals surface area contributed by atoms with Gasteiger partial charge in [-0.05, 0) is 38.5 Å². The van der Waals surface area contributed by atoms with Crippen molar-refractivity contribution in [2.45, 2.75) is 32.9 Å². The fourth-order valence-electron chi connectivity index (χ4n) is 1.55. The molecule has 1 rings (SSSR count). The smallest absolute Gasteiger partial charge is 0.407 e. The summed E-state index contributed by atoms with van der Waals surface area (Å²) >= 11 is 0. The molecule has 20 heavy (non-hydrogen) atoms. The average Bonchev–Trinajstić information content (AvgIpc) is 2.36. The lowest BCUT2D eigenvalue weighted by Gasteiger charge is -2.19. The molecule has 1 aromatic carbocycles. The second kappa shape index (κ2) is 7.51. The molecule has 0 radical (unpaired) electrons. The van der Waals surface area contributed by atoms with E-state index in [1.165, 1.54) is 0 Å². The Labute approximate surface area is 119 Å². The summed E-state index contributed by atoms with van der Waals surface area (Å²) in [7, 11) is 0. The normalized spacial score (nSPS) is 10.7. The molecule has 0 bridgehead atoms. The van der Waals surface area contributed by atoms with Gasteiger partial charge in [0, 0.05) is 19.6 Å². The molecule has 0 atom stereocenters. The number of carbonyl (C=O) groups is 1. The van der Waals surface area contributed by atoms with Gasteiger partial charge >= 0.3 is 6.09 Å². The number of hydrogen-bond acceptors (Lipinski definition) is 4. The quantitative estimate of drug-likeness (QED) is 0.808. The molecule has 0 aromatic heterocycles. The number of ether oxygens (including phenoxy) is 1. The third kappa shape index (κ3) is 6.76. The summed E-state index contributed by atoms with van der Waals surface area (Å²) < 4.78 is 5.12. The van der Waals surface area contributed by atoms with Gasteiger partial charge in [0.2, 0.25) is 0 Å². The highest BCUT2D eigenvalue weighted by Crippen LogP contribution is 2.06. The Morgan fingerprint density at radius 2 is 2.10 bits per heavy atom. The minimum Gasteiger partial charge on any atom is -0.444 e. The molecule has 5 nitrogen and oxygen atoms in total. The van der Waals surface area contributed by atoms with Crippen LogP contribution in [0.3, 0.4) is 0 Å². The lowest BCUT2D eigenvalue weighted by molar-refractivity contribution is 0.0528. The summed E-state index contributed by atoms with van der Waals surface area (Å²) in [4.78, 5) is 11.4. The molecule has 2 N–H and O–H groups in total. The van der Waals surface area contributed by atoms with Crippen LogP contribution in [0.4, 0.5) is 4.79 Å². The van der Waals surface area contributed by atoms with Gasteiger partial charge < -0.3 is 15.4 Å². The highest BCUT2D eigenvalue weighted by Gasteiger charge is 2.15. The van der Waals surface area contributed by atoms with Crippen molar-refractivity contribution in [2.75, 3.05) is 13.1 Å². The number of rotatable bonds is 5. The van der Waals surface area contributed by atoms with Crippen molar-refractivity contribution in [2.24, 2.45) is 0 Å². The minimum absolute atomic E-state index is 0.411. The van der Waals surface area contributed by atoms with Gasteiger partial charge in [-0.2, -0.15) is 5.26 Å². The molecule has 0 heterocycles. The minimum atomic E-state index is -0.477. The fraction of sp³-hybridized carbons (Fsp3) is 0.467. The Hall–Kier alpha value is -2.06. The molecular formula is C15H21N3O2. The van der Waals surface area contributed by atoms with Crippen LogP contribution < -0.4 is 10.6 Å². The molecule has 0 spiro atoms. The van der Waals surface area contributed by atoms with Crippen molar-refractivity contribution in [3.63, 3.8) is 0 Å². The number of alkyl carbamates (subject to hydrolysis) is 1. The van der Waals surface area contributed by atoms with E-state index >= 15 is 0 Å². The fourth-order valence-corrected chi connectivity index (χ4v) is 1.55. The van der Waals surface area contributed by atoms with Gasteiger partial charge in [0.15, 0.2) is 0 Å². The van der Waals surface area contributed by atoms with Gasteiger partial charge in [0.25, 0.3) is 0 Å². The van der Waals surface area contributed by atoms with Gasteiger partial charge in [-0.1, -0.05) is 12.1 Å². The molecule has 0 saturated carbocycles. The number of carbonyl (C=O) groups excluding carboxylic acids is 1.